The van der Waals surface area contributed by atoms with E-state index in [9.17, 15) is 4.79 Å². The van der Waals surface area contributed by atoms with Crippen LogP contribution in [0.4, 0.5) is 0 Å². The third kappa shape index (κ3) is 1.74. The molecule has 2 atom stereocenters. The van der Waals surface area contributed by atoms with Gasteiger partial charge in [-0.05, 0) is 12.8 Å². The second-order valence-corrected chi connectivity index (χ2v) is 3.20. The Balaban J connectivity index is 2.58. The summed E-state index contributed by atoms with van der Waals surface area (Å²) < 4.78 is 0. The predicted molar refractivity (Wildman–Crippen MR) is 38.2 cm³/mol. The Hall–Kier alpha value is -0.650. The molecule has 5 nitrogen and oxygen atoms in total. The van der Waals surface area contributed by atoms with Crippen LogP contribution in [0.25, 0.3) is 0 Å². The first kappa shape index (κ1) is 9.44. The molecule has 70 valence electrons. The summed E-state index contributed by atoms with van der Waals surface area (Å²) in [6.45, 7) is 0. The van der Waals surface area contributed by atoms with E-state index in [0.29, 0.717) is 0 Å². The monoisotopic (exact) mass is 176 g/mol. The van der Waals surface area contributed by atoms with Gasteiger partial charge in [-0.15, -0.1) is 0 Å². The Labute approximate surface area is 69.3 Å². The highest BCUT2D eigenvalue weighted by atomic mass is 16.5. The molecule has 1 saturated carbocycles. The molecule has 1 fully saturated rings. The average molecular weight is 176 g/mol. The van der Waals surface area contributed by atoms with Crippen LogP contribution >= 0.6 is 0 Å². The lowest BCUT2D eigenvalue weighted by atomic mass is 9.83. The largest absolute Gasteiger partial charge is 0.481 e. The van der Waals surface area contributed by atoms with E-state index in [1.165, 1.54) is 0 Å². The topological polar surface area (TPSA) is 98.0 Å². The minimum absolute atomic E-state index is 0.0921. The zero-order valence-electron chi connectivity index (χ0n) is 6.47. The van der Waals surface area contributed by atoms with Crippen LogP contribution in [-0.4, -0.2) is 38.3 Å². The molecule has 0 saturated heterocycles. The van der Waals surface area contributed by atoms with Crippen LogP contribution in [0.15, 0.2) is 0 Å². The Morgan fingerprint density at radius 2 is 2.00 bits per heavy atom. The normalized spacial score (nSPS) is 34.6. The number of hydrogen-bond acceptors (Lipinski definition) is 4. The van der Waals surface area contributed by atoms with E-state index >= 15 is 0 Å². The maximum Gasteiger partial charge on any atom is 0.306 e. The van der Waals surface area contributed by atoms with Crippen LogP contribution in [-0.2, 0) is 4.79 Å². The summed E-state index contributed by atoms with van der Waals surface area (Å²) >= 11 is 0. The number of carboxylic acids is 1. The molecule has 5 heteroatoms. The predicted octanol–water partition coefficient (Wildman–Crippen LogP) is -1.09. The van der Waals surface area contributed by atoms with Gasteiger partial charge < -0.3 is 20.4 Å². The molecule has 1 aliphatic carbocycles. The first-order chi connectivity index (χ1) is 5.43. The summed E-state index contributed by atoms with van der Waals surface area (Å²) in [6.07, 6.45) is -1.35. The van der Waals surface area contributed by atoms with Crippen molar-refractivity contribution in [3.05, 3.63) is 0 Å². The molecule has 0 aromatic carbocycles. The van der Waals surface area contributed by atoms with Crippen molar-refractivity contribution in [2.75, 3.05) is 0 Å². The van der Waals surface area contributed by atoms with Gasteiger partial charge in [-0.1, -0.05) is 0 Å². The lowest BCUT2D eigenvalue weighted by Gasteiger charge is -2.34. The molecular weight excluding hydrogens is 164 g/mol. The molecule has 0 aliphatic heterocycles. The van der Waals surface area contributed by atoms with E-state index < -0.39 is 23.8 Å². The third-order valence-corrected chi connectivity index (χ3v) is 2.25. The first-order valence-corrected chi connectivity index (χ1v) is 3.79. The summed E-state index contributed by atoms with van der Waals surface area (Å²) in [5.74, 6) is -3.76. The number of carboxylic acid groups (broad SMARTS) is 1. The van der Waals surface area contributed by atoms with Gasteiger partial charge in [0.1, 0.15) is 6.10 Å². The van der Waals surface area contributed by atoms with Crippen LogP contribution in [0.1, 0.15) is 19.3 Å². The fourth-order valence-electron chi connectivity index (χ4n) is 1.35. The van der Waals surface area contributed by atoms with Crippen molar-refractivity contribution in [1.82, 2.24) is 0 Å². The molecule has 0 spiro atoms. The lowest BCUT2D eigenvalue weighted by Crippen LogP contribution is -2.48. The molecule has 0 aromatic rings. The Morgan fingerprint density at radius 1 is 1.42 bits per heavy atom. The maximum absolute atomic E-state index is 10.4. The number of aliphatic hydroxyl groups excluding tert-OH is 1. The smallest absolute Gasteiger partial charge is 0.306 e. The van der Waals surface area contributed by atoms with E-state index in [2.05, 4.69) is 0 Å². The van der Waals surface area contributed by atoms with Crippen LogP contribution < -0.4 is 0 Å². The van der Waals surface area contributed by atoms with Crippen molar-refractivity contribution < 1.29 is 25.2 Å². The maximum atomic E-state index is 10.4. The van der Waals surface area contributed by atoms with Crippen molar-refractivity contribution >= 4 is 5.97 Å². The van der Waals surface area contributed by atoms with Crippen LogP contribution in [0.5, 0.6) is 0 Å². The van der Waals surface area contributed by atoms with Gasteiger partial charge in [0.2, 0.25) is 0 Å². The van der Waals surface area contributed by atoms with E-state index in [1.54, 1.807) is 0 Å². The molecule has 0 bridgehead atoms. The van der Waals surface area contributed by atoms with E-state index in [-0.39, 0.29) is 19.3 Å². The molecule has 1 aliphatic rings. The van der Waals surface area contributed by atoms with Crippen LogP contribution in [0, 0.1) is 5.92 Å². The van der Waals surface area contributed by atoms with Gasteiger partial charge in [0, 0.05) is 6.42 Å². The van der Waals surface area contributed by atoms with Gasteiger partial charge in [-0.2, -0.15) is 0 Å². The Morgan fingerprint density at radius 3 is 2.42 bits per heavy atom. The summed E-state index contributed by atoms with van der Waals surface area (Å²) in [5.41, 5.74) is 0. The third-order valence-electron chi connectivity index (χ3n) is 2.25. The summed E-state index contributed by atoms with van der Waals surface area (Å²) in [4.78, 5) is 10.4. The first-order valence-electron chi connectivity index (χ1n) is 3.79. The fraction of sp³-hybridized carbons (Fsp3) is 0.857. The molecule has 4 N–H and O–H groups in total. The molecule has 0 heterocycles. The van der Waals surface area contributed by atoms with Crippen molar-refractivity contribution in [3.8, 4) is 0 Å². The van der Waals surface area contributed by atoms with Crippen molar-refractivity contribution in [3.63, 3.8) is 0 Å². The number of hydrogen-bond donors (Lipinski definition) is 4. The quantitative estimate of drug-likeness (QED) is 0.381. The molecule has 12 heavy (non-hydrogen) atoms. The van der Waals surface area contributed by atoms with Gasteiger partial charge >= 0.3 is 5.97 Å². The van der Waals surface area contributed by atoms with Crippen molar-refractivity contribution in [2.45, 2.75) is 31.2 Å². The highest BCUT2D eigenvalue weighted by Crippen LogP contribution is 2.30. The minimum atomic E-state index is -2.11. The highest BCUT2D eigenvalue weighted by Gasteiger charge is 2.41. The zero-order chi connectivity index (χ0) is 9.35. The lowest BCUT2D eigenvalue weighted by molar-refractivity contribution is -0.246. The second kappa shape index (κ2) is 3.01. The number of carbonyl (C=O) groups is 1. The van der Waals surface area contributed by atoms with E-state index in [0.717, 1.165) is 0 Å². The molecule has 0 amide bonds. The highest BCUT2D eigenvalue weighted by molar-refractivity contribution is 5.70. The fourth-order valence-corrected chi connectivity index (χ4v) is 1.35. The van der Waals surface area contributed by atoms with Gasteiger partial charge in [0.15, 0.2) is 5.79 Å². The van der Waals surface area contributed by atoms with E-state index in [1.807, 2.05) is 0 Å². The molecule has 0 aromatic heterocycles. The summed E-state index contributed by atoms with van der Waals surface area (Å²) in [6, 6.07) is 0. The number of aliphatic carboxylic acids is 1. The van der Waals surface area contributed by atoms with Crippen LogP contribution in [0.3, 0.4) is 0 Å². The summed E-state index contributed by atoms with van der Waals surface area (Å²) in [5, 5.41) is 35.8. The van der Waals surface area contributed by atoms with Gasteiger partial charge in [0.25, 0.3) is 0 Å². The number of rotatable bonds is 1. The van der Waals surface area contributed by atoms with Crippen LogP contribution in [0.2, 0.25) is 0 Å². The zero-order valence-corrected chi connectivity index (χ0v) is 6.47. The van der Waals surface area contributed by atoms with Crippen molar-refractivity contribution in [1.29, 1.82) is 0 Å². The van der Waals surface area contributed by atoms with Gasteiger partial charge in [0.05, 0.1) is 5.92 Å². The molecule has 0 radical (unpaired) electrons. The molecule has 1 rings (SSSR count). The molecular formula is C7H12O5. The second-order valence-electron chi connectivity index (χ2n) is 3.20. The summed E-state index contributed by atoms with van der Waals surface area (Å²) in [7, 11) is 0. The Bertz CT molecular complexity index is 188. The van der Waals surface area contributed by atoms with Gasteiger partial charge in [-0.3, -0.25) is 4.79 Å². The minimum Gasteiger partial charge on any atom is -0.481 e. The van der Waals surface area contributed by atoms with E-state index in [4.69, 9.17) is 20.4 Å². The average Bonchev–Trinajstić information content (AvgIpc) is 1.94. The van der Waals surface area contributed by atoms with Crippen molar-refractivity contribution in [2.24, 2.45) is 5.92 Å². The van der Waals surface area contributed by atoms with Gasteiger partial charge in [-0.25, -0.2) is 0 Å². The Kier molecular flexibility index (Phi) is 2.36. The SMILES string of the molecule is O=C(O)C1CCC(O)(O)C(O)C1. The molecule has 2 unspecified atom stereocenters. The standard InChI is InChI=1S/C7H12O5/c8-5-3-4(6(9)10)1-2-7(5,11)12/h4-5,8,11-12H,1-3H2,(H,9,10). The number of aliphatic hydroxyl groups is 3.